The van der Waals surface area contributed by atoms with Gasteiger partial charge in [0.1, 0.15) is 12.4 Å². The van der Waals surface area contributed by atoms with Gasteiger partial charge in [-0.2, -0.15) is 13.2 Å². The molecule has 0 spiro atoms. The molecule has 0 unspecified atom stereocenters. The van der Waals surface area contributed by atoms with Crippen LogP contribution in [0.3, 0.4) is 0 Å². The molecule has 0 saturated heterocycles. The van der Waals surface area contributed by atoms with Gasteiger partial charge in [-0.1, -0.05) is 24.3 Å². The Kier molecular flexibility index (Phi) is 5.30. The Hall–Kier alpha value is -3.43. The number of aromatic nitrogens is 2. The zero-order chi connectivity index (χ0) is 20.3. The maximum absolute atomic E-state index is 13.2. The highest BCUT2D eigenvalue weighted by Crippen LogP contribution is 2.31. The molecule has 2 aromatic carbocycles. The smallest absolute Gasteiger partial charge is 0.311 e. The third-order valence-corrected chi connectivity index (χ3v) is 3.83. The lowest BCUT2D eigenvalue weighted by molar-refractivity contribution is -0.147. The summed E-state index contributed by atoms with van der Waals surface area (Å²) in [4.78, 5) is 27.4. The van der Waals surface area contributed by atoms with Gasteiger partial charge >= 0.3 is 6.18 Å². The van der Waals surface area contributed by atoms with E-state index in [4.69, 9.17) is 0 Å². The van der Waals surface area contributed by atoms with Gasteiger partial charge < -0.3 is 4.57 Å². The summed E-state index contributed by atoms with van der Waals surface area (Å²) in [5, 5.41) is 0. The number of nitrogens with one attached hydrogen (secondary N) is 2. The first kappa shape index (κ1) is 19.3. The van der Waals surface area contributed by atoms with Gasteiger partial charge in [-0.15, -0.1) is 0 Å². The average Bonchev–Trinajstić information content (AvgIpc) is 3.01. The van der Waals surface area contributed by atoms with Crippen molar-refractivity contribution in [2.75, 3.05) is 0 Å². The molecule has 0 aliphatic carbocycles. The number of imidazole rings is 1. The van der Waals surface area contributed by atoms with Gasteiger partial charge in [0.05, 0.1) is 17.5 Å². The molecule has 3 aromatic rings. The predicted octanol–water partition coefficient (Wildman–Crippen LogP) is 2.58. The van der Waals surface area contributed by atoms with Crippen molar-refractivity contribution in [1.29, 1.82) is 0 Å². The minimum absolute atomic E-state index is 0.1000. The monoisotopic (exact) mass is 394 g/mol. The van der Waals surface area contributed by atoms with Crippen molar-refractivity contribution in [3.05, 3.63) is 65.7 Å². The first-order chi connectivity index (χ1) is 13.2. The van der Waals surface area contributed by atoms with Gasteiger partial charge in [0, 0.05) is 0 Å². The normalized spacial score (nSPS) is 11.4. The molecule has 2 amide bonds. The number of hydrazine groups is 1. The van der Waals surface area contributed by atoms with E-state index in [2.05, 4.69) is 15.8 Å². The van der Waals surface area contributed by atoms with Crippen LogP contribution >= 0.6 is 0 Å². The third-order valence-electron chi connectivity index (χ3n) is 3.83. The summed E-state index contributed by atoms with van der Waals surface area (Å²) in [5.74, 6) is -3.13. The second kappa shape index (κ2) is 7.67. The van der Waals surface area contributed by atoms with Crippen molar-refractivity contribution in [1.82, 2.24) is 20.4 Å². The minimum Gasteiger partial charge on any atom is -0.311 e. The van der Waals surface area contributed by atoms with Crippen LogP contribution in [0.2, 0.25) is 0 Å². The molecule has 1 heterocycles. The molecule has 0 fully saturated rings. The Labute approximate surface area is 156 Å². The number of para-hydroxylation sites is 2. The number of carbonyl (C=O) groups is 2. The summed E-state index contributed by atoms with van der Waals surface area (Å²) in [7, 11) is 0. The molecule has 1 aromatic heterocycles. The number of benzene rings is 2. The lowest BCUT2D eigenvalue weighted by Crippen LogP contribution is -2.44. The van der Waals surface area contributed by atoms with Gasteiger partial charge in [-0.05, 0) is 29.8 Å². The molecule has 0 atom stereocenters. The zero-order valence-corrected chi connectivity index (χ0v) is 14.3. The van der Waals surface area contributed by atoms with Crippen molar-refractivity contribution in [3.63, 3.8) is 0 Å². The number of fused-ring (bicyclic) bond motifs is 1. The van der Waals surface area contributed by atoms with E-state index in [0.717, 1.165) is 4.57 Å². The van der Waals surface area contributed by atoms with E-state index in [0.29, 0.717) is 5.56 Å². The average molecular weight is 394 g/mol. The number of amides is 2. The van der Waals surface area contributed by atoms with Crippen molar-refractivity contribution < 1.29 is 27.2 Å². The van der Waals surface area contributed by atoms with Crippen molar-refractivity contribution in [2.24, 2.45) is 0 Å². The molecular formula is C18H14F4N4O2. The Balaban J connectivity index is 1.66. The largest absolute Gasteiger partial charge is 0.449 e. The Morgan fingerprint density at radius 2 is 1.61 bits per heavy atom. The van der Waals surface area contributed by atoms with Crippen molar-refractivity contribution in [3.8, 4) is 0 Å². The lowest BCUT2D eigenvalue weighted by Gasteiger charge is -2.12. The molecule has 10 heteroatoms. The molecular weight excluding hydrogens is 380 g/mol. The highest BCUT2D eigenvalue weighted by Gasteiger charge is 2.38. The Morgan fingerprint density at radius 1 is 0.964 bits per heavy atom. The Morgan fingerprint density at radius 3 is 2.29 bits per heavy atom. The molecule has 0 aliphatic rings. The third kappa shape index (κ3) is 4.45. The van der Waals surface area contributed by atoms with Crippen LogP contribution in [0.4, 0.5) is 17.6 Å². The van der Waals surface area contributed by atoms with E-state index >= 15 is 0 Å². The summed E-state index contributed by atoms with van der Waals surface area (Å²) in [5.41, 5.74) is 4.93. The summed E-state index contributed by atoms with van der Waals surface area (Å²) in [6, 6.07) is 11.1. The van der Waals surface area contributed by atoms with Crippen molar-refractivity contribution >= 4 is 22.8 Å². The van der Waals surface area contributed by atoms with Gasteiger partial charge in [0.25, 0.3) is 5.91 Å². The van der Waals surface area contributed by atoms with Gasteiger partial charge in [0.2, 0.25) is 11.7 Å². The van der Waals surface area contributed by atoms with E-state index in [1.54, 1.807) is 0 Å². The SMILES string of the molecule is O=C(Cc1ccc(F)cc1)NNC(=O)Cn1c(C(F)(F)F)nc2ccccc21. The van der Waals surface area contributed by atoms with E-state index in [9.17, 15) is 27.2 Å². The number of hydrogen-bond donors (Lipinski definition) is 2. The molecule has 28 heavy (non-hydrogen) atoms. The molecule has 0 saturated carbocycles. The predicted molar refractivity (Wildman–Crippen MR) is 91.1 cm³/mol. The first-order valence-electron chi connectivity index (χ1n) is 8.08. The summed E-state index contributed by atoms with van der Waals surface area (Å²) >= 11 is 0. The number of halogens is 4. The number of hydrogen-bond acceptors (Lipinski definition) is 3. The highest BCUT2D eigenvalue weighted by atomic mass is 19.4. The van der Waals surface area contributed by atoms with Gasteiger partial charge in [-0.3, -0.25) is 20.4 Å². The van der Waals surface area contributed by atoms with Crippen LogP contribution in [-0.4, -0.2) is 21.4 Å². The van der Waals surface area contributed by atoms with Crippen LogP contribution in [-0.2, 0) is 28.7 Å². The molecule has 2 N–H and O–H groups in total. The quantitative estimate of drug-likeness (QED) is 0.528. The van der Waals surface area contributed by atoms with Crippen LogP contribution in [0.5, 0.6) is 0 Å². The minimum atomic E-state index is -4.74. The topological polar surface area (TPSA) is 76.0 Å². The second-order valence-electron chi connectivity index (χ2n) is 5.91. The fraction of sp³-hybridized carbons (Fsp3) is 0.167. The van der Waals surface area contributed by atoms with Crippen LogP contribution in [0.15, 0.2) is 48.5 Å². The molecule has 6 nitrogen and oxygen atoms in total. The maximum Gasteiger partial charge on any atom is 0.449 e. The van der Waals surface area contributed by atoms with E-state index in [1.807, 2.05) is 0 Å². The number of rotatable bonds is 4. The number of nitrogens with zero attached hydrogens (tertiary/aromatic N) is 2. The zero-order valence-electron chi connectivity index (χ0n) is 14.3. The van der Waals surface area contributed by atoms with E-state index in [1.165, 1.54) is 48.5 Å². The summed E-state index contributed by atoms with van der Waals surface area (Å²) in [6.45, 7) is -0.688. The Bertz CT molecular complexity index is 1010. The van der Waals surface area contributed by atoms with Crippen molar-refractivity contribution in [2.45, 2.75) is 19.1 Å². The summed E-state index contributed by atoms with van der Waals surface area (Å²) < 4.78 is 53.2. The lowest BCUT2D eigenvalue weighted by atomic mass is 10.1. The van der Waals surface area contributed by atoms with Crippen LogP contribution in [0.1, 0.15) is 11.4 Å². The molecule has 3 rings (SSSR count). The number of alkyl halides is 3. The first-order valence-corrected chi connectivity index (χ1v) is 8.08. The fourth-order valence-electron chi connectivity index (χ4n) is 2.61. The summed E-state index contributed by atoms with van der Waals surface area (Å²) in [6.07, 6.45) is -4.88. The maximum atomic E-state index is 13.2. The highest BCUT2D eigenvalue weighted by molar-refractivity contribution is 5.84. The second-order valence-corrected chi connectivity index (χ2v) is 5.91. The van der Waals surface area contributed by atoms with Gasteiger partial charge in [0.15, 0.2) is 0 Å². The molecule has 0 bridgehead atoms. The van der Waals surface area contributed by atoms with Crippen LogP contribution in [0.25, 0.3) is 11.0 Å². The number of carbonyl (C=O) groups excluding carboxylic acids is 2. The van der Waals surface area contributed by atoms with Crippen LogP contribution in [0, 0.1) is 5.82 Å². The molecule has 0 aliphatic heterocycles. The van der Waals surface area contributed by atoms with Crippen LogP contribution < -0.4 is 10.9 Å². The van der Waals surface area contributed by atoms with Gasteiger partial charge in [-0.25, -0.2) is 9.37 Å². The van der Waals surface area contributed by atoms with E-state index in [-0.39, 0.29) is 17.5 Å². The fourth-order valence-corrected chi connectivity index (χ4v) is 2.61. The van der Waals surface area contributed by atoms with E-state index < -0.39 is 36.2 Å². The molecule has 0 radical (unpaired) electrons. The standard InChI is InChI=1S/C18H14F4N4O2/c19-12-7-5-11(6-8-12)9-15(27)24-25-16(28)10-26-14-4-2-1-3-13(14)23-17(26)18(20,21)22/h1-8H,9-10H2,(H,24,27)(H,25,28). The molecule has 146 valence electrons.